The minimum atomic E-state index is -0.720. The summed E-state index contributed by atoms with van der Waals surface area (Å²) in [6.45, 7) is 4.82. The molecule has 0 saturated heterocycles. The van der Waals surface area contributed by atoms with Crippen LogP contribution >= 0.6 is 0 Å². The van der Waals surface area contributed by atoms with Gasteiger partial charge in [0.2, 0.25) is 0 Å². The van der Waals surface area contributed by atoms with Crippen molar-refractivity contribution in [1.82, 2.24) is 5.32 Å². The topological polar surface area (TPSA) is 83.1 Å². The fraction of sp³-hybridized carbons (Fsp3) is 0.846. The lowest BCUT2D eigenvalue weighted by molar-refractivity contribution is -0.147. The first-order chi connectivity index (χ1) is 9.51. The number of methoxy groups -OCH3 is 2. The lowest BCUT2D eigenvalue weighted by atomic mass is 10.0. The summed E-state index contributed by atoms with van der Waals surface area (Å²) in [5.41, 5.74) is 0. The number of hydrogen-bond donors (Lipinski definition) is 1. The molecule has 1 unspecified atom stereocenters. The van der Waals surface area contributed by atoms with Gasteiger partial charge >= 0.3 is 12.1 Å². The van der Waals surface area contributed by atoms with Crippen molar-refractivity contribution in [2.75, 3.05) is 40.6 Å². The summed E-state index contributed by atoms with van der Waals surface area (Å²) in [7, 11) is 3.03. The average Bonchev–Trinajstić information content (AvgIpc) is 2.38. The molecule has 0 fully saturated rings. The Bertz CT molecular complexity index is 282. The molecular weight excluding hydrogens is 266 g/mol. The molecule has 1 N–H and O–H groups in total. The molecule has 0 aliphatic carbocycles. The van der Waals surface area contributed by atoms with Gasteiger partial charge in [-0.3, -0.25) is 0 Å². The van der Waals surface area contributed by atoms with Crippen molar-refractivity contribution in [2.24, 2.45) is 5.92 Å². The van der Waals surface area contributed by atoms with E-state index in [1.54, 1.807) is 0 Å². The van der Waals surface area contributed by atoms with E-state index in [1.807, 2.05) is 13.8 Å². The number of ether oxygens (including phenoxy) is 4. The molecular formula is C13H25NO6. The highest BCUT2D eigenvalue weighted by atomic mass is 16.6. The summed E-state index contributed by atoms with van der Waals surface area (Å²) in [6, 6.07) is -0.720. The van der Waals surface area contributed by atoms with Gasteiger partial charge in [0.15, 0.2) is 0 Å². The standard InChI is InChI=1S/C13H25NO6/c1-10(2)9-11(12(15)19-7-5-17-3)14-13(16)20-8-6-18-4/h10-11H,5-9H2,1-4H3,(H,14,16). The quantitative estimate of drug-likeness (QED) is 0.477. The van der Waals surface area contributed by atoms with Gasteiger partial charge < -0.3 is 24.3 Å². The van der Waals surface area contributed by atoms with Crippen LogP contribution in [0.2, 0.25) is 0 Å². The predicted molar refractivity (Wildman–Crippen MR) is 72.4 cm³/mol. The van der Waals surface area contributed by atoms with Crippen molar-refractivity contribution < 1.29 is 28.5 Å². The van der Waals surface area contributed by atoms with E-state index in [-0.39, 0.29) is 19.1 Å². The second-order valence-electron chi connectivity index (χ2n) is 4.62. The molecule has 0 aliphatic heterocycles. The van der Waals surface area contributed by atoms with Crippen LogP contribution in [0.3, 0.4) is 0 Å². The molecule has 7 nitrogen and oxygen atoms in total. The third kappa shape index (κ3) is 9.57. The summed E-state index contributed by atoms with van der Waals surface area (Å²) in [5.74, 6) is -0.256. The van der Waals surface area contributed by atoms with Crippen LogP contribution in [0, 0.1) is 5.92 Å². The molecule has 0 saturated carbocycles. The van der Waals surface area contributed by atoms with Gasteiger partial charge in [0.25, 0.3) is 0 Å². The van der Waals surface area contributed by atoms with Crippen molar-refractivity contribution in [3.8, 4) is 0 Å². The Balaban J connectivity index is 4.25. The summed E-state index contributed by atoms with van der Waals surface area (Å²) in [4.78, 5) is 23.4. The highest BCUT2D eigenvalue weighted by Crippen LogP contribution is 2.07. The number of esters is 1. The normalized spacial score (nSPS) is 12.1. The Morgan fingerprint density at radius 2 is 1.50 bits per heavy atom. The van der Waals surface area contributed by atoms with E-state index in [9.17, 15) is 9.59 Å². The van der Waals surface area contributed by atoms with Crippen LogP contribution in [0.25, 0.3) is 0 Å². The molecule has 0 bridgehead atoms. The van der Waals surface area contributed by atoms with Crippen LogP contribution in [0.5, 0.6) is 0 Å². The predicted octanol–water partition coefficient (Wildman–Crippen LogP) is 0.963. The molecule has 0 spiro atoms. The highest BCUT2D eigenvalue weighted by Gasteiger charge is 2.23. The Labute approximate surface area is 119 Å². The van der Waals surface area contributed by atoms with Gasteiger partial charge in [-0.15, -0.1) is 0 Å². The maximum Gasteiger partial charge on any atom is 0.407 e. The smallest absolute Gasteiger partial charge is 0.407 e. The summed E-state index contributed by atoms with van der Waals surface area (Å²) < 4.78 is 19.4. The minimum Gasteiger partial charge on any atom is -0.462 e. The zero-order chi connectivity index (χ0) is 15.4. The number of rotatable bonds is 10. The molecule has 0 aliphatic rings. The first-order valence-corrected chi connectivity index (χ1v) is 6.59. The largest absolute Gasteiger partial charge is 0.462 e. The third-order valence-corrected chi connectivity index (χ3v) is 2.34. The first kappa shape index (κ1) is 18.7. The molecule has 0 aromatic heterocycles. The summed E-state index contributed by atoms with van der Waals surface area (Å²) in [6.07, 6.45) is -0.179. The second-order valence-corrected chi connectivity index (χ2v) is 4.62. The number of carbonyl (C=O) groups excluding carboxylic acids is 2. The lowest BCUT2D eigenvalue weighted by Crippen LogP contribution is -2.43. The molecule has 0 aromatic rings. The van der Waals surface area contributed by atoms with Gasteiger partial charge in [-0.25, -0.2) is 9.59 Å². The number of hydrogen-bond acceptors (Lipinski definition) is 6. The minimum absolute atomic E-state index is 0.134. The van der Waals surface area contributed by atoms with Crippen LogP contribution in [0.1, 0.15) is 20.3 Å². The van der Waals surface area contributed by atoms with Crippen LogP contribution in [0.15, 0.2) is 0 Å². The Hall–Kier alpha value is -1.34. The molecule has 118 valence electrons. The van der Waals surface area contributed by atoms with Crippen molar-refractivity contribution in [1.29, 1.82) is 0 Å². The van der Waals surface area contributed by atoms with Crippen LogP contribution in [0.4, 0.5) is 4.79 Å². The molecule has 0 heterocycles. The van der Waals surface area contributed by atoms with Crippen molar-refractivity contribution in [2.45, 2.75) is 26.3 Å². The van der Waals surface area contributed by atoms with Crippen molar-refractivity contribution >= 4 is 12.1 Å². The highest BCUT2D eigenvalue weighted by molar-refractivity contribution is 5.81. The van der Waals surface area contributed by atoms with Gasteiger partial charge in [0.1, 0.15) is 19.3 Å². The SMILES string of the molecule is COCCOC(=O)NC(CC(C)C)C(=O)OCCOC. The third-order valence-electron chi connectivity index (χ3n) is 2.34. The summed E-state index contributed by atoms with van der Waals surface area (Å²) in [5, 5.41) is 2.50. The van der Waals surface area contributed by atoms with Gasteiger partial charge in [-0.2, -0.15) is 0 Å². The second kappa shape index (κ2) is 11.5. The van der Waals surface area contributed by atoms with Crippen LogP contribution in [-0.4, -0.2) is 58.8 Å². The lowest BCUT2D eigenvalue weighted by Gasteiger charge is -2.19. The maximum atomic E-state index is 11.8. The molecule has 0 rings (SSSR count). The number of alkyl carbamates (subject to hydrolysis) is 1. The van der Waals surface area contributed by atoms with E-state index in [4.69, 9.17) is 18.9 Å². The van der Waals surface area contributed by atoms with Gasteiger partial charge in [-0.1, -0.05) is 13.8 Å². The first-order valence-electron chi connectivity index (χ1n) is 6.59. The van der Waals surface area contributed by atoms with E-state index in [2.05, 4.69) is 5.32 Å². The Kier molecular flexibility index (Phi) is 10.7. The molecule has 0 aromatic carbocycles. The molecule has 7 heteroatoms. The fourth-order valence-electron chi connectivity index (χ4n) is 1.41. The zero-order valence-corrected chi connectivity index (χ0v) is 12.6. The van der Waals surface area contributed by atoms with Crippen molar-refractivity contribution in [3.63, 3.8) is 0 Å². The number of nitrogens with one attached hydrogen (secondary N) is 1. The molecule has 20 heavy (non-hydrogen) atoms. The van der Waals surface area contributed by atoms with Gasteiger partial charge in [-0.05, 0) is 12.3 Å². The maximum absolute atomic E-state index is 11.8. The monoisotopic (exact) mass is 291 g/mol. The van der Waals surface area contributed by atoms with Gasteiger partial charge in [0, 0.05) is 14.2 Å². The number of amides is 1. The van der Waals surface area contributed by atoms with E-state index in [0.717, 1.165) is 0 Å². The van der Waals surface area contributed by atoms with Crippen LogP contribution in [-0.2, 0) is 23.7 Å². The zero-order valence-electron chi connectivity index (χ0n) is 12.6. The van der Waals surface area contributed by atoms with Crippen molar-refractivity contribution in [3.05, 3.63) is 0 Å². The molecule has 1 atom stereocenters. The molecule has 1 amide bonds. The van der Waals surface area contributed by atoms with E-state index in [0.29, 0.717) is 19.6 Å². The van der Waals surface area contributed by atoms with E-state index in [1.165, 1.54) is 14.2 Å². The Morgan fingerprint density at radius 3 is 2.00 bits per heavy atom. The Morgan fingerprint density at radius 1 is 0.950 bits per heavy atom. The molecule has 0 radical (unpaired) electrons. The summed E-state index contributed by atoms with van der Waals surface area (Å²) >= 11 is 0. The number of carbonyl (C=O) groups is 2. The van der Waals surface area contributed by atoms with E-state index < -0.39 is 18.1 Å². The fourth-order valence-corrected chi connectivity index (χ4v) is 1.41. The van der Waals surface area contributed by atoms with E-state index >= 15 is 0 Å². The van der Waals surface area contributed by atoms with Crippen LogP contribution < -0.4 is 5.32 Å². The average molecular weight is 291 g/mol. The van der Waals surface area contributed by atoms with Gasteiger partial charge in [0.05, 0.1) is 13.2 Å².